The Bertz CT molecular complexity index is 406. The Labute approximate surface area is 112 Å². The number of hydrogen-bond acceptors (Lipinski definition) is 3. The third kappa shape index (κ3) is 6.01. The number of carboxylic acid groups (broad SMARTS) is 1. The lowest BCUT2D eigenvalue weighted by molar-refractivity contribution is -0.138. The maximum absolute atomic E-state index is 11.2. The van der Waals surface area contributed by atoms with E-state index in [4.69, 9.17) is 5.73 Å². The second-order valence-corrected chi connectivity index (χ2v) is 4.43. The molecule has 4 N–H and O–H groups in total. The summed E-state index contributed by atoms with van der Waals surface area (Å²) in [5.41, 5.74) is 5.83. The molecule has 0 saturated carbocycles. The van der Waals surface area contributed by atoms with E-state index in [-0.39, 0.29) is 5.91 Å². The van der Waals surface area contributed by atoms with E-state index in [0.717, 1.165) is 18.4 Å². The van der Waals surface area contributed by atoms with Crippen molar-refractivity contribution < 1.29 is 14.7 Å². The lowest BCUT2D eigenvalue weighted by atomic mass is 9.99. The summed E-state index contributed by atoms with van der Waals surface area (Å²) in [6.45, 7) is 1.07. The summed E-state index contributed by atoms with van der Waals surface area (Å²) in [5, 5.41) is 12.3. The van der Waals surface area contributed by atoms with Crippen molar-refractivity contribution in [2.45, 2.75) is 25.2 Å². The van der Waals surface area contributed by atoms with E-state index < -0.39 is 11.9 Å². The molecule has 0 heterocycles. The predicted molar refractivity (Wildman–Crippen MR) is 72.7 cm³/mol. The number of carboxylic acids is 1. The van der Waals surface area contributed by atoms with Crippen molar-refractivity contribution in [3.05, 3.63) is 35.9 Å². The number of unbranched alkanes of at least 4 members (excludes halogenated alkanes) is 1. The predicted octanol–water partition coefficient (Wildman–Crippen LogP) is 1.10. The third-order valence-corrected chi connectivity index (χ3v) is 2.88. The second-order valence-electron chi connectivity index (χ2n) is 4.43. The van der Waals surface area contributed by atoms with Crippen LogP contribution in [0.15, 0.2) is 30.3 Å². The number of amides is 1. The van der Waals surface area contributed by atoms with Gasteiger partial charge in [0.25, 0.3) is 0 Å². The molecule has 1 aromatic carbocycles. The van der Waals surface area contributed by atoms with Crippen molar-refractivity contribution in [2.75, 3.05) is 13.1 Å². The molecule has 1 atom stereocenters. The molecule has 1 rings (SSSR count). The van der Waals surface area contributed by atoms with Gasteiger partial charge >= 0.3 is 5.97 Å². The summed E-state index contributed by atoms with van der Waals surface area (Å²) in [7, 11) is 0. The Hall–Kier alpha value is -1.88. The molecule has 0 fully saturated rings. The smallest absolute Gasteiger partial charge is 0.312 e. The summed E-state index contributed by atoms with van der Waals surface area (Å²) in [5.74, 6) is -1.68. The van der Waals surface area contributed by atoms with Crippen LogP contribution in [-0.2, 0) is 9.59 Å². The topological polar surface area (TPSA) is 92.4 Å². The first-order valence-corrected chi connectivity index (χ1v) is 6.38. The summed E-state index contributed by atoms with van der Waals surface area (Å²) in [6.07, 6.45) is 1.91. The first kappa shape index (κ1) is 15.2. The van der Waals surface area contributed by atoms with Crippen molar-refractivity contribution in [1.29, 1.82) is 0 Å². The number of primary amides is 1. The van der Waals surface area contributed by atoms with Gasteiger partial charge in [-0.15, -0.1) is 0 Å². The van der Waals surface area contributed by atoms with E-state index in [0.29, 0.717) is 19.5 Å². The molecule has 19 heavy (non-hydrogen) atoms. The van der Waals surface area contributed by atoms with Gasteiger partial charge in [-0.3, -0.25) is 9.59 Å². The van der Waals surface area contributed by atoms with E-state index in [1.807, 2.05) is 30.3 Å². The fourth-order valence-electron chi connectivity index (χ4n) is 1.83. The van der Waals surface area contributed by atoms with Gasteiger partial charge in [-0.1, -0.05) is 30.3 Å². The molecule has 0 bridgehead atoms. The van der Waals surface area contributed by atoms with Gasteiger partial charge in [0.2, 0.25) is 5.91 Å². The van der Waals surface area contributed by atoms with E-state index in [9.17, 15) is 14.7 Å². The molecule has 5 heteroatoms. The monoisotopic (exact) mass is 264 g/mol. The fourth-order valence-corrected chi connectivity index (χ4v) is 1.83. The lowest BCUT2D eigenvalue weighted by Crippen LogP contribution is -2.27. The minimum atomic E-state index is -0.837. The van der Waals surface area contributed by atoms with Gasteiger partial charge in [0.1, 0.15) is 0 Å². The molecule has 0 radical (unpaired) electrons. The lowest BCUT2D eigenvalue weighted by Gasteiger charge is -2.13. The molecule has 0 saturated heterocycles. The van der Waals surface area contributed by atoms with Crippen molar-refractivity contribution in [1.82, 2.24) is 5.32 Å². The number of rotatable bonds is 9. The molecular formula is C14H20N2O3. The number of nitrogens with one attached hydrogen (secondary N) is 1. The van der Waals surface area contributed by atoms with Crippen molar-refractivity contribution in [3.63, 3.8) is 0 Å². The quantitative estimate of drug-likeness (QED) is 0.582. The molecule has 0 aliphatic rings. The number of benzene rings is 1. The average Bonchev–Trinajstić information content (AvgIpc) is 2.38. The molecule has 1 amide bonds. The molecule has 0 aromatic heterocycles. The fraction of sp³-hybridized carbons (Fsp3) is 0.429. The summed E-state index contributed by atoms with van der Waals surface area (Å²) < 4.78 is 0. The number of nitrogens with two attached hydrogens (primary N) is 1. The highest BCUT2D eigenvalue weighted by Gasteiger charge is 2.18. The zero-order chi connectivity index (χ0) is 14.1. The average molecular weight is 264 g/mol. The standard InChI is InChI=1S/C14H20N2O3/c15-13(17)8-4-5-9-16-10-12(14(18)19)11-6-2-1-3-7-11/h1-3,6-7,12,16H,4-5,8-10H2,(H2,15,17)(H,18,19). The first-order valence-electron chi connectivity index (χ1n) is 6.38. The van der Waals surface area contributed by atoms with Gasteiger partial charge in [0.05, 0.1) is 5.92 Å². The highest BCUT2D eigenvalue weighted by molar-refractivity contribution is 5.76. The SMILES string of the molecule is NC(=O)CCCCNCC(C(=O)O)c1ccccc1. The van der Waals surface area contributed by atoms with E-state index >= 15 is 0 Å². The third-order valence-electron chi connectivity index (χ3n) is 2.88. The van der Waals surface area contributed by atoms with Crippen molar-refractivity contribution >= 4 is 11.9 Å². The normalized spacial score (nSPS) is 12.0. The number of carbonyl (C=O) groups excluding carboxylic acids is 1. The highest BCUT2D eigenvalue weighted by Crippen LogP contribution is 2.14. The first-order chi connectivity index (χ1) is 9.11. The van der Waals surface area contributed by atoms with Gasteiger partial charge in [-0.25, -0.2) is 0 Å². The minimum Gasteiger partial charge on any atom is -0.481 e. The molecule has 104 valence electrons. The van der Waals surface area contributed by atoms with Crippen LogP contribution in [0.4, 0.5) is 0 Å². The van der Waals surface area contributed by atoms with Crippen molar-refractivity contribution in [3.8, 4) is 0 Å². The van der Waals surface area contributed by atoms with E-state index in [1.54, 1.807) is 0 Å². The van der Waals surface area contributed by atoms with E-state index in [1.165, 1.54) is 0 Å². The summed E-state index contributed by atoms with van der Waals surface area (Å²) in [4.78, 5) is 21.7. The molecule has 1 aromatic rings. The number of hydrogen-bond donors (Lipinski definition) is 3. The van der Waals surface area contributed by atoms with Crippen LogP contribution in [-0.4, -0.2) is 30.1 Å². The van der Waals surface area contributed by atoms with Gasteiger partial charge in [-0.05, 0) is 24.9 Å². The van der Waals surface area contributed by atoms with Crippen LogP contribution in [0.2, 0.25) is 0 Å². The Balaban J connectivity index is 2.32. The van der Waals surface area contributed by atoms with Gasteiger partial charge in [-0.2, -0.15) is 0 Å². The summed E-state index contributed by atoms with van der Waals surface area (Å²) >= 11 is 0. The Morgan fingerprint density at radius 2 is 1.89 bits per heavy atom. The number of aliphatic carboxylic acids is 1. The maximum atomic E-state index is 11.2. The van der Waals surface area contributed by atoms with Crippen LogP contribution in [0.3, 0.4) is 0 Å². The van der Waals surface area contributed by atoms with Crippen LogP contribution in [0, 0.1) is 0 Å². The van der Waals surface area contributed by atoms with Crippen LogP contribution in [0.25, 0.3) is 0 Å². The Morgan fingerprint density at radius 3 is 2.47 bits per heavy atom. The molecule has 0 spiro atoms. The van der Waals surface area contributed by atoms with Gasteiger partial charge in [0.15, 0.2) is 0 Å². The molecule has 0 aliphatic heterocycles. The van der Waals surface area contributed by atoms with Crippen LogP contribution >= 0.6 is 0 Å². The second kappa shape index (κ2) is 8.26. The van der Waals surface area contributed by atoms with Crippen molar-refractivity contribution in [2.24, 2.45) is 5.73 Å². The van der Waals surface area contributed by atoms with E-state index in [2.05, 4.69) is 5.32 Å². The van der Waals surface area contributed by atoms with Crippen LogP contribution in [0.1, 0.15) is 30.7 Å². The zero-order valence-corrected chi connectivity index (χ0v) is 10.8. The Morgan fingerprint density at radius 1 is 1.21 bits per heavy atom. The van der Waals surface area contributed by atoms with Crippen LogP contribution in [0.5, 0.6) is 0 Å². The minimum absolute atomic E-state index is 0.298. The van der Waals surface area contributed by atoms with Gasteiger partial charge in [0, 0.05) is 13.0 Å². The highest BCUT2D eigenvalue weighted by atomic mass is 16.4. The molecule has 5 nitrogen and oxygen atoms in total. The zero-order valence-electron chi connectivity index (χ0n) is 10.8. The molecule has 1 unspecified atom stereocenters. The van der Waals surface area contributed by atoms with Gasteiger partial charge < -0.3 is 16.2 Å². The Kier molecular flexibility index (Phi) is 6.60. The molecule has 0 aliphatic carbocycles. The largest absolute Gasteiger partial charge is 0.481 e. The number of carbonyl (C=O) groups is 2. The summed E-state index contributed by atoms with van der Waals surface area (Å²) in [6, 6.07) is 9.15. The maximum Gasteiger partial charge on any atom is 0.312 e. The van der Waals surface area contributed by atoms with Crippen LogP contribution < -0.4 is 11.1 Å². The molecular weight excluding hydrogens is 244 g/mol.